The van der Waals surface area contributed by atoms with Crippen molar-refractivity contribution in [2.24, 2.45) is 5.41 Å². The molecule has 0 saturated carbocycles. The van der Waals surface area contributed by atoms with E-state index >= 15 is 0 Å². The van der Waals surface area contributed by atoms with Gasteiger partial charge in [0.15, 0.2) is 0 Å². The summed E-state index contributed by atoms with van der Waals surface area (Å²) in [4.78, 5) is 2.43. The number of aryl methyl sites for hydroxylation is 1. The Bertz CT molecular complexity index is 371. The summed E-state index contributed by atoms with van der Waals surface area (Å²) in [5.41, 5.74) is 3.14. The van der Waals surface area contributed by atoms with Crippen LogP contribution in [0.25, 0.3) is 0 Å². The number of hydrogen-bond donors (Lipinski definition) is 1. The largest absolute Gasteiger partial charge is 0.374 e. The molecule has 19 heavy (non-hydrogen) atoms. The number of anilines is 1. The summed E-state index contributed by atoms with van der Waals surface area (Å²) in [5.74, 6) is 0. The van der Waals surface area contributed by atoms with Gasteiger partial charge in [-0.2, -0.15) is 0 Å². The highest BCUT2D eigenvalue weighted by Crippen LogP contribution is 2.33. The maximum Gasteiger partial charge on any atom is 0.0363 e. The first-order valence-corrected chi connectivity index (χ1v) is 7.64. The van der Waals surface area contributed by atoms with Gasteiger partial charge in [-0.1, -0.05) is 31.0 Å². The average molecular weight is 260 g/mol. The molecule has 1 unspecified atom stereocenters. The minimum atomic E-state index is 0.465. The Labute approximate surface area is 118 Å². The molecule has 0 aromatic heterocycles. The van der Waals surface area contributed by atoms with Gasteiger partial charge in [-0.15, -0.1) is 0 Å². The van der Waals surface area contributed by atoms with Gasteiger partial charge < -0.3 is 10.2 Å². The van der Waals surface area contributed by atoms with Gasteiger partial charge in [-0.3, -0.25) is 0 Å². The first kappa shape index (κ1) is 14.4. The fraction of sp³-hybridized carbons (Fsp3) is 0.647. The van der Waals surface area contributed by atoms with Gasteiger partial charge in [-0.05, 0) is 44.9 Å². The number of piperidine rings is 1. The predicted molar refractivity (Wildman–Crippen MR) is 83.9 cm³/mol. The van der Waals surface area contributed by atoms with Crippen LogP contribution in [0.15, 0.2) is 24.3 Å². The minimum Gasteiger partial charge on any atom is -0.374 e. The predicted octanol–water partition coefficient (Wildman–Crippen LogP) is 3.60. The van der Waals surface area contributed by atoms with Crippen LogP contribution in [-0.4, -0.2) is 26.7 Å². The molecular weight excluding hydrogens is 232 g/mol. The van der Waals surface area contributed by atoms with Crippen molar-refractivity contribution in [2.75, 3.05) is 31.6 Å². The van der Waals surface area contributed by atoms with Crippen molar-refractivity contribution in [1.82, 2.24) is 5.32 Å². The molecule has 1 saturated heterocycles. The van der Waals surface area contributed by atoms with Gasteiger partial charge in [0, 0.05) is 31.2 Å². The lowest BCUT2D eigenvalue weighted by molar-refractivity contribution is 0.197. The molecule has 1 heterocycles. The molecule has 0 bridgehead atoms. The van der Waals surface area contributed by atoms with Gasteiger partial charge >= 0.3 is 0 Å². The van der Waals surface area contributed by atoms with Crippen LogP contribution >= 0.6 is 0 Å². The van der Waals surface area contributed by atoms with E-state index in [0.717, 1.165) is 6.54 Å². The summed E-state index contributed by atoms with van der Waals surface area (Å²) in [6, 6.07) is 8.89. The Kier molecular flexibility index (Phi) is 4.87. The van der Waals surface area contributed by atoms with Crippen LogP contribution in [0.2, 0.25) is 0 Å². The standard InChI is InChI=1S/C17H28N2/c1-4-10-17(11-5-12-18-13-17)14-19(3)16-8-6-15(2)7-9-16/h6-9,18H,4-5,10-14H2,1-3H3. The second-order valence-corrected chi connectivity index (χ2v) is 6.22. The van der Waals surface area contributed by atoms with Crippen molar-refractivity contribution >= 4 is 5.69 Å². The van der Waals surface area contributed by atoms with E-state index < -0.39 is 0 Å². The monoisotopic (exact) mass is 260 g/mol. The van der Waals surface area contributed by atoms with Crippen LogP contribution < -0.4 is 10.2 Å². The molecule has 2 heteroatoms. The molecule has 1 fully saturated rings. The van der Waals surface area contributed by atoms with Crippen molar-refractivity contribution in [3.05, 3.63) is 29.8 Å². The average Bonchev–Trinajstić information content (AvgIpc) is 2.40. The third kappa shape index (κ3) is 3.73. The molecule has 1 aliphatic rings. The summed E-state index contributed by atoms with van der Waals surface area (Å²) >= 11 is 0. The van der Waals surface area contributed by atoms with Gasteiger partial charge in [0.2, 0.25) is 0 Å². The Hall–Kier alpha value is -1.02. The normalized spacial score (nSPS) is 23.3. The van der Waals surface area contributed by atoms with Gasteiger partial charge in [-0.25, -0.2) is 0 Å². The van der Waals surface area contributed by atoms with Crippen molar-refractivity contribution in [3.63, 3.8) is 0 Å². The van der Waals surface area contributed by atoms with E-state index in [9.17, 15) is 0 Å². The van der Waals surface area contributed by atoms with E-state index in [0.29, 0.717) is 5.41 Å². The molecule has 0 spiro atoms. The highest BCUT2D eigenvalue weighted by molar-refractivity contribution is 5.47. The maximum atomic E-state index is 3.60. The lowest BCUT2D eigenvalue weighted by Crippen LogP contribution is -2.46. The molecule has 1 aromatic rings. The fourth-order valence-corrected chi connectivity index (χ4v) is 3.38. The van der Waals surface area contributed by atoms with Crippen LogP contribution in [0.5, 0.6) is 0 Å². The quantitative estimate of drug-likeness (QED) is 0.870. The number of nitrogens with zero attached hydrogens (tertiary/aromatic N) is 1. The second kappa shape index (κ2) is 6.42. The Morgan fingerprint density at radius 2 is 2.00 bits per heavy atom. The number of nitrogens with one attached hydrogen (secondary N) is 1. The summed E-state index contributed by atoms with van der Waals surface area (Å²) in [5, 5.41) is 3.60. The fourth-order valence-electron chi connectivity index (χ4n) is 3.38. The molecule has 1 aromatic carbocycles. The topological polar surface area (TPSA) is 15.3 Å². The third-order valence-corrected chi connectivity index (χ3v) is 4.39. The summed E-state index contributed by atoms with van der Waals surface area (Å²) in [6.07, 6.45) is 5.30. The molecule has 0 amide bonds. The van der Waals surface area contributed by atoms with E-state index in [1.807, 2.05) is 0 Å². The van der Waals surface area contributed by atoms with Crippen molar-refractivity contribution in [1.29, 1.82) is 0 Å². The highest BCUT2D eigenvalue weighted by Gasteiger charge is 2.32. The molecule has 2 nitrogen and oxygen atoms in total. The maximum absolute atomic E-state index is 3.60. The SMILES string of the molecule is CCCC1(CN(C)c2ccc(C)cc2)CCCNC1. The zero-order chi connectivity index (χ0) is 13.7. The van der Waals surface area contributed by atoms with Gasteiger partial charge in [0.25, 0.3) is 0 Å². The van der Waals surface area contributed by atoms with Crippen LogP contribution in [-0.2, 0) is 0 Å². The molecule has 0 radical (unpaired) electrons. The minimum absolute atomic E-state index is 0.465. The molecule has 0 aliphatic carbocycles. The zero-order valence-corrected chi connectivity index (χ0v) is 12.7. The lowest BCUT2D eigenvalue weighted by Gasteiger charge is -2.41. The van der Waals surface area contributed by atoms with Crippen LogP contribution in [0, 0.1) is 12.3 Å². The zero-order valence-electron chi connectivity index (χ0n) is 12.7. The van der Waals surface area contributed by atoms with E-state index in [4.69, 9.17) is 0 Å². The molecular formula is C17H28N2. The number of hydrogen-bond acceptors (Lipinski definition) is 2. The molecule has 2 rings (SSSR count). The van der Waals surface area contributed by atoms with Crippen LogP contribution in [0.4, 0.5) is 5.69 Å². The van der Waals surface area contributed by atoms with E-state index in [2.05, 4.69) is 55.4 Å². The number of rotatable bonds is 5. The molecule has 1 aliphatic heterocycles. The smallest absolute Gasteiger partial charge is 0.0363 e. The summed E-state index contributed by atoms with van der Waals surface area (Å²) in [7, 11) is 2.23. The highest BCUT2D eigenvalue weighted by atomic mass is 15.1. The van der Waals surface area contributed by atoms with Crippen molar-refractivity contribution in [3.8, 4) is 0 Å². The molecule has 1 N–H and O–H groups in total. The first-order chi connectivity index (χ1) is 9.15. The van der Waals surface area contributed by atoms with Crippen LogP contribution in [0.1, 0.15) is 38.2 Å². The lowest BCUT2D eigenvalue weighted by atomic mass is 9.76. The Balaban J connectivity index is 2.05. The number of benzene rings is 1. The van der Waals surface area contributed by atoms with E-state index in [-0.39, 0.29) is 0 Å². The Morgan fingerprint density at radius 1 is 1.26 bits per heavy atom. The third-order valence-electron chi connectivity index (χ3n) is 4.39. The van der Waals surface area contributed by atoms with E-state index in [1.54, 1.807) is 0 Å². The van der Waals surface area contributed by atoms with Crippen molar-refractivity contribution < 1.29 is 0 Å². The van der Waals surface area contributed by atoms with E-state index in [1.165, 1.54) is 50.0 Å². The summed E-state index contributed by atoms with van der Waals surface area (Å²) < 4.78 is 0. The van der Waals surface area contributed by atoms with Crippen molar-refractivity contribution in [2.45, 2.75) is 39.5 Å². The first-order valence-electron chi connectivity index (χ1n) is 7.64. The second-order valence-electron chi connectivity index (χ2n) is 6.22. The Morgan fingerprint density at radius 3 is 2.58 bits per heavy atom. The van der Waals surface area contributed by atoms with Crippen LogP contribution in [0.3, 0.4) is 0 Å². The van der Waals surface area contributed by atoms with Gasteiger partial charge in [0.05, 0.1) is 0 Å². The van der Waals surface area contributed by atoms with Gasteiger partial charge in [0.1, 0.15) is 0 Å². The summed E-state index contributed by atoms with van der Waals surface area (Å²) in [6.45, 7) is 7.99. The molecule has 1 atom stereocenters. The molecule has 106 valence electrons.